The first kappa shape index (κ1) is 14.5. The minimum absolute atomic E-state index is 0.169. The summed E-state index contributed by atoms with van der Waals surface area (Å²) < 4.78 is 10.8. The highest BCUT2D eigenvalue weighted by Crippen LogP contribution is 2.28. The van der Waals surface area contributed by atoms with Gasteiger partial charge in [-0.05, 0) is 12.5 Å². The quantitative estimate of drug-likeness (QED) is 0.686. The van der Waals surface area contributed by atoms with Gasteiger partial charge in [-0.1, -0.05) is 30.3 Å². The first-order valence-electron chi connectivity index (χ1n) is 6.74. The summed E-state index contributed by atoms with van der Waals surface area (Å²) >= 11 is 1.41. The van der Waals surface area contributed by atoms with Gasteiger partial charge in [-0.15, -0.1) is 11.3 Å². The lowest BCUT2D eigenvalue weighted by atomic mass is 10.2. The number of ether oxygens (including phenoxy) is 1. The standard InChI is InChI=1S/C16H14N2O3S/c1-10-9-22-15(17-10)14-13(18-11(2)21-14)16(19)20-8-12-6-4-3-5-7-12/h3-7,9H,8H2,1-2H3. The van der Waals surface area contributed by atoms with Gasteiger partial charge in [-0.3, -0.25) is 0 Å². The van der Waals surface area contributed by atoms with Crippen molar-refractivity contribution in [3.8, 4) is 10.8 Å². The molecule has 112 valence electrons. The number of oxazole rings is 1. The number of nitrogens with zero attached hydrogens (tertiary/aromatic N) is 2. The largest absolute Gasteiger partial charge is 0.456 e. The topological polar surface area (TPSA) is 65.2 Å². The van der Waals surface area contributed by atoms with E-state index in [0.717, 1.165) is 11.3 Å². The number of rotatable bonds is 4. The Morgan fingerprint density at radius 2 is 2.00 bits per heavy atom. The van der Waals surface area contributed by atoms with Crippen LogP contribution in [-0.4, -0.2) is 15.9 Å². The summed E-state index contributed by atoms with van der Waals surface area (Å²) in [5, 5.41) is 2.52. The number of thiazole rings is 1. The number of carbonyl (C=O) groups is 1. The zero-order chi connectivity index (χ0) is 15.5. The van der Waals surface area contributed by atoms with Crippen molar-refractivity contribution in [3.63, 3.8) is 0 Å². The van der Waals surface area contributed by atoms with Gasteiger partial charge in [0.2, 0.25) is 0 Å². The Bertz CT molecular complexity index is 793. The normalized spacial score (nSPS) is 10.6. The second kappa shape index (κ2) is 6.11. The summed E-state index contributed by atoms with van der Waals surface area (Å²) in [6.45, 7) is 3.77. The summed E-state index contributed by atoms with van der Waals surface area (Å²) in [7, 11) is 0. The van der Waals surface area contributed by atoms with E-state index in [1.807, 2.05) is 42.6 Å². The molecule has 0 aliphatic heterocycles. The van der Waals surface area contributed by atoms with Gasteiger partial charge in [-0.2, -0.15) is 0 Å². The van der Waals surface area contributed by atoms with E-state index in [2.05, 4.69) is 9.97 Å². The number of aromatic nitrogens is 2. The Morgan fingerprint density at radius 3 is 2.68 bits per heavy atom. The Labute approximate surface area is 131 Å². The Balaban J connectivity index is 1.81. The molecule has 3 rings (SSSR count). The predicted octanol–water partition coefficient (Wildman–Crippen LogP) is 3.77. The van der Waals surface area contributed by atoms with E-state index in [9.17, 15) is 4.79 Å². The molecule has 6 heteroatoms. The van der Waals surface area contributed by atoms with Crippen LogP contribution >= 0.6 is 11.3 Å². The molecule has 3 aromatic rings. The van der Waals surface area contributed by atoms with Crippen LogP contribution in [0.3, 0.4) is 0 Å². The molecular weight excluding hydrogens is 300 g/mol. The third-order valence-corrected chi connectivity index (χ3v) is 3.91. The van der Waals surface area contributed by atoms with Crippen LogP contribution < -0.4 is 0 Å². The second-order valence-electron chi connectivity index (χ2n) is 4.77. The SMILES string of the molecule is Cc1csc(-c2oc(C)nc2C(=O)OCc2ccccc2)n1. The lowest BCUT2D eigenvalue weighted by Crippen LogP contribution is -2.07. The molecule has 0 N–H and O–H groups in total. The molecule has 0 amide bonds. The summed E-state index contributed by atoms with van der Waals surface area (Å²) in [5.41, 5.74) is 1.96. The highest BCUT2D eigenvalue weighted by Gasteiger charge is 2.23. The van der Waals surface area contributed by atoms with Crippen molar-refractivity contribution in [2.45, 2.75) is 20.5 Å². The molecule has 2 aromatic heterocycles. The number of hydrogen-bond acceptors (Lipinski definition) is 6. The molecule has 0 saturated carbocycles. The number of benzene rings is 1. The molecule has 0 spiro atoms. The van der Waals surface area contributed by atoms with Gasteiger partial charge in [0.1, 0.15) is 6.61 Å². The average Bonchev–Trinajstić information content (AvgIpc) is 3.11. The second-order valence-corrected chi connectivity index (χ2v) is 5.62. The maximum Gasteiger partial charge on any atom is 0.361 e. The van der Waals surface area contributed by atoms with Crippen molar-refractivity contribution in [1.82, 2.24) is 9.97 Å². The van der Waals surface area contributed by atoms with E-state index in [1.54, 1.807) is 6.92 Å². The molecule has 22 heavy (non-hydrogen) atoms. The van der Waals surface area contributed by atoms with Gasteiger partial charge in [0.15, 0.2) is 22.4 Å². The molecule has 0 aliphatic carbocycles. The molecule has 0 radical (unpaired) electrons. The molecule has 0 aliphatic rings. The number of carbonyl (C=O) groups excluding carboxylic acids is 1. The van der Waals surface area contributed by atoms with Gasteiger partial charge in [0, 0.05) is 18.0 Å². The molecule has 0 fully saturated rings. The minimum atomic E-state index is -0.511. The van der Waals surface area contributed by atoms with Crippen LogP contribution in [0.15, 0.2) is 40.1 Å². The van der Waals surface area contributed by atoms with Crippen LogP contribution in [0.1, 0.15) is 27.6 Å². The lowest BCUT2D eigenvalue weighted by molar-refractivity contribution is 0.0467. The van der Waals surface area contributed by atoms with Gasteiger partial charge in [0.05, 0.1) is 0 Å². The van der Waals surface area contributed by atoms with E-state index in [-0.39, 0.29) is 12.3 Å². The fourth-order valence-electron chi connectivity index (χ4n) is 1.96. The van der Waals surface area contributed by atoms with Crippen molar-refractivity contribution in [1.29, 1.82) is 0 Å². The zero-order valence-electron chi connectivity index (χ0n) is 12.2. The van der Waals surface area contributed by atoms with Crippen molar-refractivity contribution in [3.05, 3.63) is 58.6 Å². The number of aryl methyl sites for hydroxylation is 2. The number of hydrogen-bond donors (Lipinski definition) is 0. The van der Waals surface area contributed by atoms with Crippen LogP contribution in [-0.2, 0) is 11.3 Å². The Morgan fingerprint density at radius 1 is 1.23 bits per heavy atom. The lowest BCUT2D eigenvalue weighted by Gasteiger charge is -2.03. The molecule has 0 atom stereocenters. The molecule has 0 unspecified atom stereocenters. The highest BCUT2D eigenvalue weighted by molar-refractivity contribution is 7.13. The Kier molecular flexibility index (Phi) is 4.02. The fourth-order valence-corrected chi connectivity index (χ4v) is 2.74. The number of esters is 1. The van der Waals surface area contributed by atoms with Gasteiger partial charge < -0.3 is 9.15 Å². The maximum absolute atomic E-state index is 12.3. The van der Waals surface area contributed by atoms with Crippen molar-refractivity contribution < 1.29 is 13.9 Å². The van der Waals surface area contributed by atoms with Crippen LogP contribution in [0.5, 0.6) is 0 Å². The Hall–Kier alpha value is -2.47. The first-order chi connectivity index (χ1) is 10.6. The van der Waals surface area contributed by atoms with Crippen LogP contribution in [0, 0.1) is 13.8 Å². The third-order valence-electron chi connectivity index (χ3n) is 2.95. The molecular formula is C16H14N2O3S. The molecule has 2 heterocycles. The van der Waals surface area contributed by atoms with Crippen LogP contribution in [0.2, 0.25) is 0 Å². The van der Waals surface area contributed by atoms with E-state index >= 15 is 0 Å². The van der Waals surface area contributed by atoms with E-state index in [1.165, 1.54) is 11.3 Å². The minimum Gasteiger partial charge on any atom is -0.456 e. The van der Waals surface area contributed by atoms with Crippen molar-refractivity contribution in [2.75, 3.05) is 0 Å². The summed E-state index contributed by atoms with van der Waals surface area (Å²) in [6.07, 6.45) is 0. The molecule has 5 nitrogen and oxygen atoms in total. The van der Waals surface area contributed by atoms with Crippen LogP contribution in [0.4, 0.5) is 0 Å². The van der Waals surface area contributed by atoms with E-state index < -0.39 is 5.97 Å². The van der Waals surface area contributed by atoms with E-state index in [0.29, 0.717) is 16.7 Å². The van der Waals surface area contributed by atoms with Gasteiger partial charge in [-0.25, -0.2) is 14.8 Å². The highest BCUT2D eigenvalue weighted by atomic mass is 32.1. The summed E-state index contributed by atoms with van der Waals surface area (Å²) in [6, 6.07) is 9.49. The molecule has 1 aromatic carbocycles. The van der Waals surface area contributed by atoms with Gasteiger partial charge in [0.25, 0.3) is 0 Å². The summed E-state index contributed by atoms with van der Waals surface area (Å²) in [5.74, 6) is 0.270. The van der Waals surface area contributed by atoms with Crippen molar-refractivity contribution >= 4 is 17.3 Å². The smallest absolute Gasteiger partial charge is 0.361 e. The molecule has 0 saturated heterocycles. The summed E-state index contributed by atoms with van der Waals surface area (Å²) in [4.78, 5) is 20.7. The predicted molar refractivity (Wildman–Crippen MR) is 82.6 cm³/mol. The zero-order valence-corrected chi connectivity index (χ0v) is 13.0. The monoisotopic (exact) mass is 314 g/mol. The third kappa shape index (κ3) is 3.07. The van der Waals surface area contributed by atoms with Gasteiger partial charge >= 0.3 is 5.97 Å². The van der Waals surface area contributed by atoms with E-state index in [4.69, 9.17) is 9.15 Å². The maximum atomic E-state index is 12.3. The first-order valence-corrected chi connectivity index (χ1v) is 7.62. The van der Waals surface area contributed by atoms with Crippen LogP contribution in [0.25, 0.3) is 10.8 Å². The molecule has 0 bridgehead atoms. The fraction of sp³-hybridized carbons (Fsp3) is 0.188. The average molecular weight is 314 g/mol. The van der Waals surface area contributed by atoms with Crippen molar-refractivity contribution in [2.24, 2.45) is 0 Å².